The Morgan fingerprint density at radius 2 is 1.77 bits per heavy atom. The van der Waals surface area contributed by atoms with Crippen molar-refractivity contribution in [3.05, 3.63) is 94.8 Å². The highest BCUT2D eigenvalue weighted by Gasteiger charge is 2.20. The summed E-state index contributed by atoms with van der Waals surface area (Å²) in [5, 5.41) is 15.4. The Morgan fingerprint density at radius 3 is 2.47 bits per heavy atom. The van der Waals surface area contributed by atoms with Crippen LogP contribution in [-0.2, 0) is 18.3 Å². The fraction of sp³-hybridized carbons (Fsp3) is 0.250. The number of amides is 1. The minimum Gasteiger partial charge on any atom is -0.383 e. The van der Waals surface area contributed by atoms with E-state index < -0.39 is 5.91 Å². The number of aryl methyl sites for hydroxylation is 2. The molecule has 1 aromatic carbocycles. The highest BCUT2D eigenvalue weighted by molar-refractivity contribution is 6.04. The van der Waals surface area contributed by atoms with Gasteiger partial charge < -0.3 is 20.4 Å². The van der Waals surface area contributed by atoms with E-state index in [0.29, 0.717) is 48.3 Å². The van der Waals surface area contributed by atoms with E-state index in [9.17, 15) is 9.59 Å². The van der Waals surface area contributed by atoms with Crippen LogP contribution in [0.4, 0.5) is 11.6 Å². The molecule has 0 aliphatic carbocycles. The van der Waals surface area contributed by atoms with Crippen molar-refractivity contribution in [1.82, 2.24) is 29.5 Å². The van der Waals surface area contributed by atoms with E-state index in [1.54, 1.807) is 35.4 Å². The number of hydrogen-bond donors (Lipinski definition) is 2. The molecule has 43 heavy (non-hydrogen) atoms. The first kappa shape index (κ1) is 28.0. The summed E-state index contributed by atoms with van der Waals surface area (Å²) in [6, 6.07) is 12.9. The molecule has 3 N–H and O–H groups in total. The Bertz CT molecular complexity index is 1820. The summed E-state index contributed by atoms with van der Waals surface area (Å²) in [5.74, 6) is 0.355. The lowest BCUT2D eigenvalue weighted by Crippen LogP contribution is -2.27. The standard InChI is InChI=1S/C32H32N8O3/c1-20-3-5-22(6-4-20)26-18-40(16-21-9-11-43-12-10-21)19-27(30(26)41)32(42)36-29-8-7-28(37-38-29)25-13-23(14-34-31(25)33)24-15-35-39(2)17-24/h3-8,13-15,17-19,21H,9-12,16H2,1-2H3,(H2,33,34)(H,36,38,42). The van der Waals surface area contributed by atoms with E-state index >= 15 is 0 Å². The van der Waals surface area contributed by atoms with Crippen LogP contribution < -0.4 is 16.5 Å². The SMILES string of the molecule is Cc1ccc(-c2cn(CC3CCOCC3)cc(C(=O)Nc3ccc(-c4cc(-c5cnn(C)c5)cnc4N)nn3)c2=O)cc1. The number of hydrogen-bond acceptors (Lipinski definition) is 8. The number of nitrogen functional groups attached to an aromatic ring is 1. The Hall–Kier alpha value is -5.16. The maximum Gasteiger partial charge on any atom is 0.262 e. The molecule has 0 bridgehead atoms. The molecule has 1 aliphatic heterocycles. The van der Waals surface area contributed by atoms with Crippen LogP contribution in [0.2, 0.25) is 0 Å². The van der Waals surface area contributed by atoms with Crippen LogP contribution in [0.15, 0.2) is 78.2 Å². The molecule has 1 saturated heterocycles. The highest BCUT2D eigenvalue weighted by atomic mass is 16.5. The summed E-state index contributed by atoms with van der Waals surface area (Å²) >= 11 is 0. The Labute approximate surface area is 248 Å². The van der Waals surface area contributed by atoms with Crippen LogP contribution in [0.3, 0.4) is 0 Å². The van der Waals surface area contributed by atoms with Crippen molar-refractivity contribution in [3.8, 4) is 33.5 Å². The zero-order valence-electron chi connectivity index (χ0n) is 24.0. The van der Waals surface area contributed by atoms with Crippen LogP contribution in [-0.4, -0.2) is 48.6 Å². The Morgan fingerprint density at radius 1 is 0.977 bits per heavy atom. The van der Waals surface area contributed by atoms with E-state index in [-0.39, 0.29) is 16.8 Å². The predicted octanol–water partition coefficient (Wildman–Crippen LogP) is 4.34. The summed E-state index contributed by atoms with van der Waals surface area (Å²) in [4.78, 5) is 31.4. The summed E-state index contributed by atoms with van der Waals surface area (Å²) in [7, 11) is 1.84. The van der Waals surface area contributed by atoms with Gasteiger partial charge in [0.2, 0.25) is 5.43 Å². The van der Waals surface area contributed by atoms with Gasteiger partial charge in [0.05, 0.1) is 11.9 Å². The first-order chi connectivity index (χ1) is 20.8. The van der Waals surface area contributed by atoms with Crippen molar-refractivity contribution < 1.29 is 9.53 Å². The number of carbonyl (C=O) groups is 1. The summed E-state index contributed by atoms with van der Waals surface area (Å²) in [6.07, 6.45) is 10.6. The molecule has 218 valence electrons. The molecule has 1 amide bonds. The lowest BCUT2D eigenvalue weighted by molar-refractivity contribution is 0.0612. The van der Waals surface area contributed by atoms with E-state index in [1.807, 2.05) is 61.3 Å². The van der Waals surface area contributed by atoms with Crippen molar-refractivity contribution in [3.63, 3.8) is 0 Å². The topological polar surface area (TPSA) is 143 Å². The molecule has 1 fully saturated rings. The van der Waals surface area contributed by atoms with Crippen LogP contribution in [0.5, 0.6) is 0 Å². The second-order valence-electron chi connectivity index (χ2n) is 10.9. The van der Waals surface area contributed by atoms with E-state index in [4.69, 9.17) is 10.5 Å². The first-order valence-electron chi connectivity index (χ1n) is 14.1. The summed E-state index contributed by atoms with van der Waals surface area (Å²) in [5.41, 5.74) is 11.0. The van der Waals surface area contributed by atoms with Gasteiger partial charge in [0.1, 0.15) is 11.4 Å². The van der Waals surface area contributed by atoms with Crippen LogP contribution in [0.25, 0.3) is 33.5 Å². The van der Waals surface area contributed by atoms with Crippen LogP contribution in [0, 0.1) is 12.8 Å². The molecule has 0 atom stereocenters. The number of nitrogens with zero attached hydrogens (tertiary/aromatic N) is 6. The van der Waals surface area contributed by atoms with Gasteiger partial charge in [-0.15, -0.1) is 10.2 Å². The second-order valence-corrected chi connectivity index (χ2v) is 10.9. The van der Waals surface area contributed by atoms with E-state index in [2.05, 4.69) is 25.6 Å². The second kappa shape index (κ2) is 12.0. The van der Waals surface area contributed by atoms with Gasteiger partial charge in [0, 0.05) is 73.8 Å². The van der Waals surface area contributed by atoms with Crippen molar-refractivity contribution in [2.24, 2.45) is 13.0 Å². The lowest BCUT2D eigenvalue weighted by atomic mass is 9.99. The smallest absolute Gasteiger partial charge is 0.262 e. The number of rotatable bonds is 7. The van der Waals surface area contributed by atoms with Gasteiger partial charge >= 0.3 is 0 Å². The average Bonchev–Trinajstić information content (AvgIpc) is 3.46. The number of anilines is 2. The van der Waals surface area contributed by atoms with Gasteiger partial charge in [-0.3, -0.25) is 14.3 Å². The predicted molar refractivity (Wildman–Crippen MR) is 164 cm³/mol. The van der Waals surface area contributed by atoms with Gasteiger partial charge in [-0.25, -0.2) is 4.98 Å². The summed E-state index contributed by atoms with van der Waals surface area (Å²) in [6.45, 7) is 4.11. The highest BCUT2D eigenvalue weighted by Crippen LogP contribution is 2.28. The molecular weight excluding hydrogens is 544 g/mol. The number of carbonyl (C=O) groups excluding carboxylic acids is 1. The molecule has 6 rings (SSSR count). The Balaban J connectivity index is 1.27. The largest absolute Gasteiger partial charge is 0.383 e. The minimum atomic E-state index is -0.554. The average molecular weight is 577 g/mol. The molecule has 11 heteroatoms. The van der Waals surface area contributed by atoms with Gasteiger partial charge in [0.25, 0.3) is 5.91 Å². The lowest BCUT2D eigenvalue weighted by Gasteiger charge is -2.23. The molecular formula is C32H32N8O3. The van der Waals surface area contributed by atoms with Crippen molar-refractivity contribution >= 4 is 17.5 Å². The number of ether oxygens (including phenoxy) is 1. The number of nitrogens with two attached hydrogens (primary N) is 1. The van der Waals surface area contributed by atoms with Gasteiger partial charge in [-0.2, -0.15) is 5.10 Å². The number of nitrogens with one attached hydrogen (secondary N) is 1. The van der Waals surface area contributed by atoms with E-state index in [1.165, 1.54) is 0 Å². The third-order valence-corrected chi connectivity index (χ3v) is 7.64. The zero-order chi connectivity index (χ0) is 29.9. The molecule has 5 aromatic rings. The van der Waals surface area contributed by atoms with Gasteiger partial charge in [-0.05, 0) is 49.4 Å². The normalized spacial score (nSPS) is 13.6. The molecule has 5 heterocycles. The van der Waals surface area contributed by atoms with Crippen molar-refractivity contribution in [1.29, 1.82) is 0 Å². The fourth-order valence-electron chi connectivity index (χ4n) is 5.20. The van der Waals surface area contributed by atoms with E-state index in [0.717, 1.165) is 35.1 Å². The maximum atomic E-state index is 13.6. The van der Waals surface area contributed by atoms with Crippen molar-refractivity contribution in [2.45, 2.75) is 26.3 Å². The van der Waals surface area contributed by atoms with Crippen LogP contribution >= 0.6 is 0 Å². The number of aromatic nitrogens is 6. The monoisotopic (exact) mass is 576 g/mol. The molecule has 0 unspecified atom stereocenters. The number of pyridine rings is 2. The molecule has 4 aromatic heterocycles. The minimum absolute atomic E-state index is 0.0358. The molecule has 11 nitrogen and oxygen atoms in total. The fourth-order valence-corrected chi connectivity index (χ4v) is 5.20. The third-order valence-electron chi connectivity index (χ3n) is 7.64. The third kappa shape index (κ3) is 6.21. The molecule has 0 saturated carbocycles. The Kier molecular flexibility index (Phi) is 7.80. The quantitative estimate of drug-likeness (QED) is 0.291. The zero-order valence-corrected chi connectivity index (χ0v) is 24.0. The number of benzene rings is 1. The van der Waals surface area contributed by atoms with Crippen molar-refractivity contribution in [2.75, 3.05) is 24.3 Å². The molecule has 0 spiro atoms. The molecule has 0 radical (unpaired) electrons. The first-order valence-corrected chi connectivity index (χ1v) is 14.1. The summed E-state index contributed by atoms with van der Waals surface area (Å²) < 4.78 is 9.16. The maximum absolute atomic E-state index is 13.6. The van der Waals surface area contributed by atoms with Crippen LogP contribution in [0.1, 0.15) is 28.8 Å². The molecule has 1 aliphatic rings. The van der Waals surface area contributed by atoms with Gasteiger partial charge in [0.15, 0.2) is 5.82 Å². The van der Waals surface area contributed by atoms with Gasteiger partial charge in [-0.1, -0.05) is 29.8 Å².